The Morgan fingerprint density at radius 3 is 2.59 bits per heavy atom. The van der Waals surface area contributed by atoms with Crippen molar-refractivity contribution in [3.8, 4) is 0 Å². The maximum Gasteiger partial charge on any atom is 0.235 e. The minimum atomic E-state index is -0.121. The largest absolute Gasteiger partial charge is 0.296 e. The first-order valence-electron chi connectivity index (χ1n) is 5.94. The lowest BCUT2D eigenvalue weighted by Crippen LogP contribution is -2.39. The van der Waals surface area contributed by atoms with E-state index in [0.29, 0.717) is 6.42 Å². The van der Waals surface area contributed by atoms with Crippen molar-refractivity contribution in [1.82, 2.24) is 10.3 Å². The van der Waals surface area contributed by atoms with Gasteiger partial charge in [0.1, 0.15) is 0 Å². The summed E-state index contributed by atoms with van der Waals surface area (Å²) in [5, 5.41) is 0. The van der Waals surface area contributed by atoms with E-state index >= 15 is 0 Å². The lowest BCUT2D eigenvalue weighted by molar-refractivity contribution is -0.122. The molecule has 0 radical (unpaired) electrons. The maximum atomic E-state index is 11.2. The van der Waals surface area contributed by atoms with Gasteiger partial charge in [0.25, 0.3) is 0 Å². The Morgan fingerprint density at radius 1 is 1.41 bits per heavy atom. The molecule has 0 bridgehead atoms. The second-order valence-corrected chi connectivity index (χ2v) is 4.17. The lowest BCUT2D eigenvalue weighted by atomic mass is 10.1. The standard InChI is InChI=1S/C13H21N3O/c1-3-16(11(2)9-13(17)15-14)10-12-7-5-4-6-8-12/h4-8,11H,3,9-10,14H2,1-2H3,(H,15,17). The van der Waals surface area contributed by atoms with Gasteiger partial charge in [0.05, 0.1) is 0 Å². The van der Waals surface area contributed by atoms with E-state index < -0.39 is 0 Å². The molecule has 1 aromatic carbocycles. The number of rotatable bonds is 6. The van der Waals surface area contributed by atoms with Crippen LogP contribution in [0.15, 0.2) is 30.3 Å². The van der Waals surface area contributed by atoms with Crippen molar-refractivity contribution in [3.63, 3.8) is 0 Å². The van der Waals surface area contributed by atoms with Gasteiger partial charge in [-0.05, 0) is 19.0 Å². The number of amides is 1. The summed E-state index contributed by atoms with van der Waals surface area (Å²) in [5.74, 6) is 4.98. The van der Waals surface area contributed by atoms with Crippen LogP contribution in [0.5, 0.6) is 0 Å². The van der Waals surface area contributed by atoms with Crippen LogP contribution in [0.4, 0.5) is 0 Å². The Balaban J connectivity index is 2.56. The number of nitrogens with zero attached hydrogens (tertiary/aromatic N) is 1. The molecule has 94 valence electrons. The number of hydrogen-bond acceptors (Lipinski definition) is 3. The van der Waals surface area contributed by atoms with Gasteiger partial charge in [-0.1, -0.05) is 37.3 Å². The van der Waals surface area contributed by atoms with E-state index in [2.05, 4.69) is 29.4 Å². The normalized spacial score (nSPS) is 12.5. The summed E-state index contributed by atoms with van der Waals surface area (Å²) < 4.78 is 0. The summed E-state index contributed by atoms with van der Waals surface area (Å²) in [6, 6.07) is 10.4. The summed E-state index contributed by atoms with van der Waals surface area (Å²) in [5.41, 5.74) is 3.43. The van der Waals surface area contributed by atoms with E-state index in [1.54, 1.807) is 0 Å². The molecule has 0 fully saturated rings. The van der Waals surface area contributed by atoms with Crippen molar-refractivity contribution >= 4 is 5.91 Å². The number of benzene rings is 1. The molecule has 0 saturated carbocycles. The van der Waals surface area contributed by atoms with Crippen LogP contribution in [0.1, 0.15) is 25.8 Å². The van der Waals surface area contributed by atoms with E-state index in [1.807, 2.05) is 25.1 Å². The molecule has 0 aromatic heterocycles. The molecule has 0 aliphatic carbocycles. The summed E-state index contributed by atoms with van der Waals surface area (Å²) in [7, 11) is 0. The second-order valence-electron chi connectivity index (χ2n) is 4.17. The Kier molecular flexibility index (Phi) is 5.66. The van der Waals surface area contributed by atoms with Gasteiger partial charge >= 0.3 is 0 Å². The molecule has 0 spiro atoms. The van der Waals surface area contributed by atoms with Crippen molar-refractivity contribution in [1.29, 1.82) is 0 Å². The molecule has 17 heavy (non-hydrogen) atoms. The third kappa shape index (κ3) is 4.54. The van der Waals surface area contributed by atoms with Crippen molar-refractivity contribution in [2.45, 2.75) is 32.9 Å². The molecular weight excluding hydrogens is 214 g/mol. The summed E-state index contributed by atoms with van der Waals surface area (Å²) in [6.07, 6.45) is 0.428. The van der Waals surface area contributed by atoms with Gasteiger partial charge in [0.15, 0.2) is 0 Å². The monoisotopic (exact) mass is 235 g/mol. The Morgan fingerprint density at radius 2 is 2.06 bits per heavy atom. The van der Waals surface area contributed by atoms with Crippen LogP contribution in [0.25, 0.3) is 0 Å². The first kappa shape index (κ1) is 13.7. The number of hydrazine groups is 1. The molecule has 1 unspecified atom stereocenters. The predicted octanol–water partition coefficient (Wildman–Crippen LogP) is 1.28. The number of carbonyl (C=O) groups excluding carboxylic acids is 1. The molecule has 0 aliphatic heterocycles. The third-order valence-electron chi connectivity index (χ3n) is 2.90. The summed E-state index contributed by atoms with van der Waals surface area (Å²) in [6.45, 7) is 5.91. The molecule has 4 heteroatoms. The molecule has 1 aromatic rings. The van der Waals surface area contributed by atoms with E-state index in [1.165, 1.54) is 5.56 Å². The fourth-order valence-corrected chi connectivity index (χ4v) is 1.85. The molecule has 0 aliphatic rings. The van der Waals surface area contributed by atoms with Crippen molar-refractivity contribution in [3.05, 3.63) is 35.9 Å². The highest BCUT2D eigenvalue weighted by Gasteiger charge is 2.15. The third-order valence-corrected chi connectivity index (χ3v) is 2.90. The molecule has 1 amide bonds. The van der Waals surface area contributed by atoms with Crippen molar-refractivity contribution in [2.24, 2.45) is 5.84 Å². The van der Waals surface area contributed by atoms with Gasteiger partial charge in [-0.15, -0.1) is 0 Å². The van der Waals surface area contributed by atoms with Crippen molar-refractivity contribution in [2.75, 3.05) is 6.54 Å². The summed E-state index contributed by atoms with van der Waals surface area (Å²) >= 11 is 0. The van der Waals surface area contributed by atoms with E-state index in [0.717, 1.165) is 13.1 Å². The topological polar surface area (TPSA) is 58.4 Å². The molecule has 4 nitrogen and oxygen atoms in total. The van der Waals surface area contributed by atoms with Gasteiger partial charge in [-0.25, -0.2) is 5.84 Å². The van der Waals surface area contributed by atoms with Crippen LogP contribution in [0, 0.1) is 0 Å². The van der Waals surface area contributed by atoms with E-state index in [9.17, 15) is 4.79 Å². The minimum absolute atomic E-state index is 0.121. The zero-order chi connectivity index (χ0) is 12.7. The van der Waals surface area contributed by atoms with Crippen molar-refractivity contribution < 1.29 is 4.79 Å². The van der Waals surface area contributed by atoms with Gasteiger partial charge < -0.3 is 0 Å². The SMILES string of the molecule is CCN(Cc1ccccc1)C(C)CC(=O)NN. The Labute approximate surface area is 103 Å². The highest BCUT2D eigenvalue weighted by molar-refractivity contribution is 5.75. The fraction of sp³-hybridized carbons (Fsp3) is 0.462. The first-order valence-corrected chi connectivity index (χ1v) is 5.94. The molecule has 3 N–H and O–H groups in total. The highest BCUT2D eigenvalue weighted by atomic mass is 16.2. The zero-order valence-corrected chi connectivity index (χ0v) is 10.5. The summed E-state index contributed by atoms with van der Waals surface area (Å²) in [4.78, 5) is 13.5. The van der Waals surface area contributed by atoms with Crippen LogP contribution in [-0.2, 0) is 11.3 Å². The molecule has 0 heterocycles. The minimum Gasteiger partial charge on any atom is -0.296 e. The van der Waals surface area contributed by atoms with Gasteiger partial charge in [0, 0.05) is 19.0 Å². The quantitative estimate of drug-likeness (QED) is 0.443. The Hall–Kier alpha value is -1.39. The van der Waals surface area contributed by atoms with Crippen LogP contribution in [0.3, 0.4) is 0 Å². The van der Waals surface area contributed by atoms with Gasteiger partial charge in [0.2, 0.25) is 5.91 Å². The average molecular weight is 235 g/mol. The lowest BCUT2D eigenvalue weighted by Gasteiger charge is -2.27. The smallest absolute Gasteiger partial charge is 0.235 e. The highest BCUT2D eigenvalue weighted by Crippen LogP contribution is 2.10. The van der Waals surface area contributed by atoms with E-state index in [4.69, 9.17) is 5.84 Å². The molecule has 0 saturated heterocycles. The number of carbonyl (C=O) groups is 1. The number of nitrogens with two attached hydrogens (primary N) is 1. The number of hydrogen-bond donors (Lipinski definition) is 2. The maximum absolute atomic E-state index is 11.2. The van der Waals surface area contributed by atoms with E-state index in [-0.39, 0.29) is 11.9 Å². The van der Waals surface area contributed by atoms with Crippen LogP contribution >= 0.6 is 0 Å². The number of nitrogens with one attached hydrogen (secondary N) is 1. The van der Waals surface area contributed by atoms with Gasteiger partial charge in [-0.3, -0.25) is 15.1 Å². The first-order chi connectivity index (χ1) is 8.17. The van der Waals surface area contributed by atoms with Crippen LogP contribution in [0.2, 0.25) is 0 Å². The zero-order valence-electron chi connectivity index (χ0n) is 10.5. The van der Waals surface area contributed by atoms with Crippen LogP contribution < -0.4 is 11.3 Å². The molecule has 1 atom stereocenters. The Bertz CT molecular complexity index is 340. The predicted molar refractivity (Wildman–Crippen MR) is 68.9 cm³/mol. The molecule has 1 rings (SSSR count). The fourth-order valence-electron chi connectivity index (χ4n) is 1.85. The van der Waals surface area contributed by atoms with Crippen LogP contribution in [-0.4, -0.2) is 23.4 Å². The second kappa shape index (κ2) is 7.04. The average Bonchev–Trinajstić information content (AvgIpc) is 2.36. The van der Waals surface area contributed by atoms with Gasteiger partial charge in [-0.2, -0.15) is 0 Å². The molecular formula is C13H21N3O.